The summed E-state index contributed by atoms with van der Waals surface area (Å²) in [5, 5.41) is 8.49. The Balaban J connectivity index is 1.25. The summed E-state index contributed by atoms with van der Waals surface area (Å²) in [6.07, 6.45) is 21.2. The third-order valence-corrected chi connectivity index (χ3v) is 8.22. The molecule has 0 bridgehead atoms. The number of nitrogens with zero attached hydrogens (tertiary/aromatic N) is 1. The molecule has 0 atom stereocenters. The van der Waals surface area contributed by atoms with E-state index < -0.39 is 11.7 Å². The van der Waals surface area contributed by atoms with Crippen LogP contribution in [0.15, 0.2) is 48.6 Å². The van der Waals surface area contributed by atoms with Crippen LogP contribution in [-0.4, -0.2) is 0 Å². The van der Waals surface area contributed by atoms with Crippen LogP contribution < -0.4 is 0 Å². The fourth-order valence-corrected chi connectivity index (χ4v) is 6.12. The van der Waals surface area contributed by atoms with Gasteiger partial charge in [0.15, 0.2) is 0 Å². The van der Waals surface area contributed by atoms with Gasteiger partial charge in [0.25, 0.3) is 0 Å². The molecular weight excluding hydrogens is 431 g/mol. The number of alkyl halides is 3. The second-order valence-corrected chi connectivity index (χ2v) is 10.5. The van der Waals surface area contributed by atoms with Crippen molar-refractivity contribution in [1.29, 1.82) is 5.26 Å². The first-order valence-electron chi connectivity index (χ1n) is 13.3. The monoisotopic (exact) mass is 471 g/mol. The highest BCUT2D eigenvalue weighted by Crippen LogP contribution is 2.43. The molecule has 2 aliphatic rings. The molecule has 0 radical (unpaired) electrons. The summed E-state index contributed by atoms with van der Waals surface area (Å²) in [6.45, 7) is 0. The molecule has 2 saturated carbocycles. The number of unbranched alkanes of at least 4 members (excludes halogenated alkanes) is 1. The minimum absolute atomic E-state index is 0.556. The van der Waals surface area contributed by atoms with Crippen LogP contribution in [0.5, 0.6) is 0 Å². The van der Waals surface area contributed by atoms with Gasteiger partial charge in [-0.1, -0.05) is 68.9 Å². The molecule has 3 rings (SSSR count). The molecule has 0 N–H and O–H groups in total. The molecule has 1 nitrogen and oxygen atoms in total. The van der Waals surface area contributed by atoms with Crippen LogP contribution >= 0.6 is 0 Å². The maximum absolute atomic E-state index is 12.7. The van der Waals surface area contributed by atoms with Gasteiger partial charge in [-0.3, -0.25) is 0 Å². The molecule has 0 amide bonds. The Bertz CT molecular complexity index is 799. The maximum atomic E-state index is 12.7. The van der Waals surface area contributed by atoms with Crippen molar-refractivity contribution in [3.8, 4) is 6.07 Å². The first-order valence-corrected chi connectivity index (χ1v) is 13.3. The summed E-state index contributed by atoms with van der Waals surface area (Å²) in [7, 11) is 0. The van der Waals surface area contributed by atoms with Crippen molar-refractivity contribution < 1.29 is 13.2 Å². The zero-order valence-electron chi connectivity index (χ0n) is 20.4. The van der Waals surface area contributed by atoms with E-state index in [1.54, 1.807) is 12.1 Å². The van der Waals surface area contributed by atoms with Crippen molar-refractivity contribution in [3.63, 3.8) is 0 Å². The lowest BCUT2D eigenvalue weighted by molar-refractivity contribution is -0.137. The third kappa shape index (κ3) is 8.97. The van der Waals surface area contributed by atoms with E-state index in [0.29, 0.717) is 0 Å². The van der Waals surface area contributed by atoms with E-state index in [4.69, 9.17) is 5.26 Å². The Morgan fingerprint density at radius 3 is 1.94 bits per heavy atom. The van der Waals surface area contributed by atoms with Gasteiger partial charge in [0.1, 0.15) is 0 Å². The second-order valence-electron chi connectivity index (χ2n) is 10.5. The summed E-state index contributed by atoms with van der Waals surface area (Å²) >= 11 is 0. The summed E-state index contributed by atoms with van der Waals surface area (Å²) in [4.78, 5) is 0. The van der Waals surface area contributed by atoms with Gasteiger partial charge in [0.05, 0.1) is 11.6 Å². The van der Waals surface area contributed by atoms with E-state index in [2.05, 4.69) is 6.08 Å². The lowest BCUT2D eigenvalue weighted by Gasteiger charge is -2.38. The largest absolute Gasteiger partial charge is 0.416 e. The number of hydrogen-bond acceptors (Lipinski definition) is 1. The van der Waals surface area contributed by atoms with Gasteiger partial charge >= 0.3 is 6.18 Å². The van der Waals surface area contributed by atoms with E-state index >= 15 is 0 Å². The Labute approximate surface area is 204 Å². The van der Waals surface area contributed by atoms with Crippen LogP contribution in [0.4, 0.5) is 13.2 Å². The first kappa shape index (κ1) is 26.6. The second kappa shape index (κ2) is 13.8. The molecule has 0 aromatic heterocycles. The normalized spacial score (nSPS) is 26.2. The summed E-state index contributed by atoms with van der Waals surface area (Å²) in [5.41, 5.74) is 0.457. The molecule has 0 saturated heterocycles. The Hall–Kier alpha value is -2.02. The highest BCUT2D eigenvalue weighted by molar-refractivity contribution is 5.24. The fraction of sp³-hybridized carbons (Fsp3) is 0.633. The molecule has 2 aliphatic carbocycles. The van der Waals surface area contributed by atoms with Crippen molar-refractivity contribution in [2.45, 2.75) is 96.1 Å². The topological polar surface area (TPSA) is 23.8 Å². The molecule has 0 unspecified atom stereocenters. The molecule has 186 valence electrons. The van der Waals surface area contributed by atoms with Crippen molar-refractivity contribution in [2.75, 3.05) is 0 Å². The highest BCUT2D eigenvalue weighted by Gasteiger charge is 2.31. The van der Waals surface area contributed by atoms with Crippen LogP contribution in [0.1, 0.15) is 94.6 Å². The number of rotatable bonds is 10. The molecule has 4 heteroatoms. The van der Waals surface area contributed by atoms with E-state index in [1.165, 1.54) is 88.8 Å². The summed E-state index contributed by atoms with van der Waals surface area (Å²) < 4.78 is 38.0. The van der Waals surface area contributed by atoms with Crippen LogP contribution in [0.25, 0.3) is 0 Å². The van der Waals surface area contributed by atoms with Gasteiger partial charge in [0, 0.05) is 6.08 Å². The minimum atomic E-state index is -4.24. The molecule has 0 spiro atoms. The van der Waals surface area contributed by atoms with Gasteiger partial charge < -0.3 is 0 Å². The van der Waals surface area contributed by atoms with E-state index in [-0.39, 0.29) is 0 Å². The Morgan fingerprint density at radius 2 is 1.38 bits per heavy atom. The van der Waals surface area contributed by atoms with E-state index in [9.17, 15) is 13.2 Å². The van der Waals surface area contributed by atoms with E-state index in [0.717, 1.165) is 48.5 Å². The molecule has 34 heavy (non-hydrogen) atoms. The zero-order chi connectivity index (χ0) is 24.2. The minimum Gasteiger partial charge on any atom is -0.193 e. The Morgan fingerprint density at radius 1 is 0.794 bits per heavy atom. The number of benzene rings is 1. The van der Waals surface area contributed by atoms with Gasteiger partial charge in [-0.2, -0.15) is 18.4 Å². The predicted molar refractivity (Wildman–Crippen MR) is 133 cm³/mol. The summed E-state index contributed by atoms with van der Waals surface area (Å²) in [6, 6.07) is 7.69. The Kier molecular flexibility index (Phi) is 10.8. The smallest absolute Gasteiger partial charge is 0.193 e. The lowest BCUT2D eigenvalue weighted by atomic mass is 9.68. The molecule has 2 fully saturated rings. The van der Waals surface area contributed by atoms with Crippen LogP contribution in [0.3, 0.4) is 0 Å². The molecule has 1 aromatic carbocycles. The molecular formula is C30H40F3N. The maximum Gasteiger partial charge on any atom is 0.416 e. The SMILES string of the molecule is N#CC=CC=CCC[C@H]1CC[C@H]([C@H]2CC[C@H](CCCCc3ccc(C(F)(F)F)cc3)CC2)CC1. The number of aryl methyl sites for hydroxylation is 1. The molecule has 0 heterocycles. The fourth-order valence-electron chi connectivity index (χ4n) is 6.12. The average molecular weight is 472 g/mol. The van der Waals surface area contributed by atoms with Crippen molar-refractivity contribution in [1.82, 2.24) is 0 Å². The number of hydrogen-bond donors (Lipinski definition) is 0. The van der Waals surface area contributed by atoms with Crippen LogP contribution in [0, 0.1) is 35.0 Å². The molecule has 0 aliphatic heterocycles. The van der Waals surface area contributed by atoms with Gasteiger partial charge in [-0.15, -0.1) is 0 Å². The molecule has 1 aromatic rings. The van der Waals surface area contributed by atoms with Gasteiger partial charge in [0.2, 0.25) is 0 Å². The van der Waals surface area contributed by atoms with Gasteiger partial charge in [-0.05, 0) is 92.7 Å². The van der Waals surface area contributed by atoms with Crippen LogP contribution in [0.2, 0.25) is 0 Å². The van der Waals surface area contributed by atoms with Crippen molar-refractivity contribution in [2.24, 2.45) is 23.7 Å². The van der Waals surface area contributed by atoms with Crippen LogP contribution in [-0.2, 0) is 12.6 Å². The number of halogens is 3. The average Bonchev–Trinajstić information content (AvgIpc) is 2.84. The zero-order valence-corrected chi connectivity index (χ0v) is 20.4. The number of allylic oxidation sites excluding steroid dienone is 4. The standard InChI is InChI=1S/C30H40F3N/c31-30(32,33)29-21-15-26(16-22-29)10-6-5-9-25-13-19-28(20-14-25)27-17-11-24(12-18-27)8-4-2-1-3-7-23-34/h1-3,7,15-16,21-22,24-25,27-28H,4-6,8-14,17-20H2/t24-,25-,27-,28-. The van der Waals surface area contributed by atoms with Crippen molar-refractivity contribution in [3.05, 3.63) is 59.7 Å². The van der Waals surface area contributed by atoms with E-state index in [1.807, 2.05) is 18.2 Å². The summed E-state index contributed by atoms with van der Waals surface area (Å²) in [5.74, 6) is 3.59. The van der Waals surface area contributed by atoms with Gasteiger partial charge in [-0.25, -0.2) is 0 Å². The predicted octanol–water partition coefficient (Wildman–Crippen LogP) is 9.45. The highest BCUT2D eigenvalue weighted by atomic mass is 19.4. The first-order chi connectivity index (χ1) is 16.5. The lowest BCUT2D eigenvalue weighted by Crippen LogP contribution is -2.25. The number of nitriles is 1. The van der Waals surface area contributed by atoms with Crippen molar-refractivity contribution >= 4 is 0 Å². The third-order valence-electron chi connectivity index (χ3n) is 8.22. The quantitative estimate of drug-likeness (QED) is 0.189.